The molecule has 15 heavy (non-hydrogen) atoms. The van der Waals surface area contributed by atoms with E-state index in [2.05, 4.69) is 0 Å². The Balaban J connectivity index is 0.000000921. The summed E-state index contributed by atoms with van der Waals surface area (Å²) in [6.07, 6.45) is 0. The fourth-order valence-electron chi connectivity index (χ4n) is 1.20. The van der Waals surface area contributed by atoms with E-state index in [-0.39, 0.29) is 0 Å². The highest BCUT2D eigenvalue weighted by atomic mass is 16.5. The molecule has 0 aliphatic heterocycles. The normalized spacial score (nSPS) is 8.87. The van der Waals surface area contributed by atoms with Crippen molar-refractivity contribution in [2.45, 2.75) is 34.6 Å². The van der Waals surface area contributed by atoms with Gasteiger partial charge in [0.05, 0.1) is 13.2 Å². The van der Waals surface area contributed by atoms with Crippen LogP contribution in [0.3, 0.4) is 0 Å². The van der Waals surface area contributed by atoms with E-state index < -0.39 is 0 Å². The molecule has 2 nitrogen and oxygen atoms in total. The van der Waals surface area contributed by atoms with Crippen molar-refractivity contribution in [1.29, 1.82) is 0 Å². The largest absolute Gasteiger partial charge is 0.494 e. The van der Waals surface area contributed by atoms with Gasteiger partial charge in [-0.25, -0.2) is 0 Å². The fourth-order valence-corrected chi connectivity index (χ4v) is 1.20. The summed E-state index contributed by atoms with van der Waals surface area (Å²) < 4.78 is 10.8. The van der Waals surface area contributed by atoms with Crippen molar-refractivity contribution in [2.24, 2.45) is 0 Å². The molecule has 0 unspecified atom stereocenters. The van der Waals surface area contributed by atoms with Crippen LogP contribution in [0.5, 0.6) is 11.5 Å². The topological polar surface area (TPSA) is 18.5 Å². The van der Waals surface area contributed by atoms with Gasteiger partial charge in [-0.15, -0.1) is 0 Å². The van der Waals surface area contributed by atoms with Gasteiger partial charge in [0.25, 0.3) is 0 Å². The minimum atomic E-state index is 0.702. The molecule has 86 valence electrons. The quantitative estimate of drug-likeness (QED) is 0.752. The van der Waals surface area contributed by atoms with Gasteiger partial charge < -0.3 is 9.47 Å². The number of hydrogen-bond donors (Lipinski definition) is 0. The van der Waals surface area contributed by atoms with E-state index in [1.807, 2.05) is 52.8 Å². The minimum absolute atomic E-state index is 0.702. The van der Waals surface area contributed by atoms with E-state index in [4.69, 9.17) is 9.47 Å². The van der Waals surface area contributed by atoms with E-state index in [1.165, 1.54) is 0 Å². The van der Waals surface area contributed by atoms with E-state index in [1.54, 1.807) is 0 Å². The Bertz CT molecular complexity index is 269. The van der Waals surface area contributed by atoms with Crippen molar-refractivity contribution >= 4 is 0 Å². The van der Waals surface area contributed by atoms with Crippen LogP contribution < -0.4 is 9.47 Å². The van der Waals surface area contributed by atoms with Crippen molar-refractivity contribution in [3.05, 3.63) is 23.8 Å². The molecular formula is C13H22O2. The second kappa shape index (κ2) is 8.16. The maximum absolute atomic E-state index is 5.41. The fraction of sp³-hybridized carbons (Fsp3) is 0.538. The van der Waals surface area contributed by atoms with Crippen molar-refractivity contribution < 1.29 is 9.47 Å². The predicted octanol–water partition coefficient (Wildman–Crippen LogP) is 3.82. The monoisotopic (exact) mass is 210 g/mol. The van der Waals surface area contributed by atoms with E-state index in [9.17, 15) is 0 Å². The van der Waals surface area contributed by atoms with Gasteiger partial charge in [-0.3, -0.25) is 0 Å². The summed E-state index contributed by atoms with van der Waals surface area (Å²) in [4.78, 5) is 0. The first-order chi connectivity index (χ1) is 7.27. The van der Waals surface area contributed by atoms with E-state index in [0.29, 0.717) is 13.2 Å². The molecule has 0 N–H and O–H groups in total. The Hall–Kier alpha value is -1.18. The summed E-state index contributed by atoms with van der Waals surface area (Å²) in [6.45, 7) is 11.4. The number of hydrogen-bond acceptors (Lipinski definition) is 2. The highest BCUT2D eigenvalue weighted by Crippen LogP contribution is 2.23. The molecule has 0 aliphatic rings. The lowest BCUT2D eigenvalue weighted by molar-refractivity contribution is 0.328. The zero-order chi connectivity index (χ0) is 11.7. The zero-order valence-corrected chi connectivity index (χ0v) is 10.5. The lowest BCUT2D eigenvalue weighted by Gasteiger charge is -2.09. The van der Waals surface area contributed by atoms with Gasteiger partial charge in [-0.05, 0) is 44.5 Å². The van der Waals surface area contributed by atoms with Crippen LogP contribution in [-0.4, -0.2) is 13.2 Å². The van der Waals surface area contributed by atoms with Crippen LogP contribution in [0.4, 0.5) is 0 Å². The van der Waals surface area contributed by atoms with Crippen LogP contribution >= 0.6 is 0 Å². The second-order valence-electron chi connectivity index (χ2n) is 2.79. The molecule has 0 saturated heterocycles. The minimum Gasteiger partial charge on any atom is -0.494 e. The van der Waals surface area contributed by atoms with Crippen LogP contribution in [-0.2, 0) is 0 Å². The molecule has 0 spiro atoms. The van der Waals surface area contributed by atoms with Crippen LogP contribution in [0, 0.1) is 6.92 Å². The highest BCUT2D eigenvalue weighted by Gasteiger charge is 2.00. The lowest BCUT2D eigenvalue weighted by Crippen LogP contribution is -1.96. The number of rotatable bonds is 4. The lowest BCUT2D eigenvalue weighted by atomic mass is 10.2. The Morgan fingerprint density at radius 3 is 2.07 bits per heavy atom. The van der Waals surface area contributed by atoms with Gasteiger partial charge in [0.15, 0.2) is 0 Å². The number of ether oxygens (including phenoxy) is 2. The zero-order valence-electron chi connectivity index (χ0n) is 10.5. The van der Waals surface area contributed by atoms with Crippen molar-refractivity contribution in [1.82, 2.24) is 0 Å². The summed E-state index contributed by atoms with van der Waals surface area (Å²) >= 11 is 0. The molecular weight excluding hydrogens is 188 g/mol. The molecule has 2 heteroatoms. The summed E-state index contributed by atoms with van der Waals surface area (Å²) in [5.74, 6) is 1.84. The van der Waals surface area contributed by atoms with Crippen molar-refractivity contribution in [3.63, 3.8) is 0 Å². The third kappa shape index (κ3) is 4.73. The standard InChI is InChI=1S/C11H16O2.C2H6/c1-4-12-10-6-7-11(13-5-2)9(3)8-10;1-2/h6-8H,4-5H2,1-3H3;1-2H3. The molecule has 0 saturated carbocycles. The summed E-state index contributed by atoms with van der Waals surface area (Å²) in [7, 11) is 0. The summed E-state index contributed by atoms with van der Waals surface area (Å²) in [5.41, 5.74) is 1.12. The molecule has 0 fully saturated rings. The molecule has 1 rings (SSSR count). The summed E-state index contributed by atoms with van der Waals surface area (Å²) in [6, 6.07) is 5.87. The van der Waals surface area contributed by atoms with Gasteiger partial charge in [0, 0.05) is 0 Å². The smallest absolute Gasteiger partial charge is 0.122 e. The maximum atomic E-state index is 5.41. The first-order valence-electron chi connectivity index (χ1n) is 5.64. The van der Waals surface area contributed by atoms with Gasteiger partial charge in [-0.2, -0.15) is 0 Å². The number of aryl methyl sites for hydroxylation is 1. The van der Waals surface area contributed by atoms with Crippen molar-refractivity contribution in [2.75, 3.05) is 13.2 Å². The third-order valence-corrected chi connectivity index (χ3v) is 1.76. The Morgan fingerprint density at radius 1 is 1.00 bits per heavy atom. The Morgan fingerprint density at radius 2 is 1.60 bits per heavy atom. The van der Waals surface area contributed by atoms with Gasteiger partial charge in [0.1, 0.15) is 11.5 Å². The van der Waals surface area contributed by atoms with E-state index >= 15 is 0 Å². The Labute approximate surface area is 93.2 Å². The second-order valence-corrected chi connectivity index (χ2v) is 2.79. The molecule has 1 aromatic rings. The molecule has 0 atom stereocenters. The van der Waals surface area contributed by atoms with Crippen LogP contribution in [0.2, 0.25) is 0 Å². The molecule has 0 aliphatic carbocycles. The molecule has 1 aromatic carbocycles. The van der Waals surface area contributed by atoms with Crippen molar-refractivity contribution in [3.8, 4) is 11.5 Å². The average Bonchev–Trinajstić information content (AvgIpc) is 2.26. The highest BCUT2D eigenvalue weighted by molar-refractivity contribution is 5.39. The van der Waals surface area contributed by atoms with Gasteiger partial charge >= 0.3 is 0 Å². The summed E-state index contributed by atoms with van der Waals surface area (Å²) in [5, 5.41) is 0. The van der Waals surface area contributed by atoms with E-state index in [0.717, 1.165) is 17.1 Å². The molecule has 0 bridgehead atoms. The number of benzene rings is 1. The average molecular weight is 210 g/mol. The molecule has 0 heterocycles. The molecule has 0 radical (unpaired) electrons. The van der Waals surface area contributed by atoms with Gasteiger partial charge in [-0.1, -0.05) is 13.8 Å². The maximum Gasteiger partial charge on any atom is 0.122 e. The first-order valence-corrected chi connectivity index (χ1v) is 5.64. The third-order valence-electron chi connectivity index (χ3n) is 1.76. The predicted molar refractivity (Wildman–Crippen MR) is 64.9 cm³/mol. The van der Waals surface area contributed by atoms with Gasteiger partial charge in [0.2, 0.25) is 0 Å². The molecule has 0 amide bonds. The van der Waals surface area contributed by atoms with Crippen LogP contribution in [0.15, 0.2) is 18.2 Å². The molecule has 0 aromatic heterocycles. The van der Waals surface area contributed by atoms with Crippen LogP contribution in [0.25, 0.3) is 0 Å². The Kier molecular flexibility index (Phi) is 7.51. The first kappa shape index (κ1) is 13.8. The van der Waals surface area contributed by atoms with Crippen LogP contribution in [0.1, 0.15) is 33.3 Å². The SMILES string of the molecule is CC.CCOc1ccc(OCC)c(C)c1.